The molecule has 0 fully saturated rings. The van der Waals surface area contributed by atoms with Gasteiger partial charge in [-0.15, -0.1) is 0 Å². The Hall–Kier alpha value is -1.73. The summed E-state index contributed by atoms with van der Waals surface area (Å²) in [6.45, 7) is 3.93. The van der Waals surface area contributed by atoms with Gasteiger partial charge in [0.25, 0.3) is 0 Å². The van der Waals surface area contributed by atoms with Crippen molar-refractivity contribution in [1.82, 2.24) is 9.97 Å². The summed E-state index contributed by atoms with van der Waals surface area (Å²) >= 11 is 3.11. The van der Waals surface area contributed by atoms with E-state index in [1.165, 1.54) is 18.2 Å². The highest BCUT2D eigenvalue weighted by Crippen LogP contribution is 2.27. The number of hydrogen-bond acceptors (Lipinski definition) is 5. The quantitative estimate of drug-likeness (QED) is 0.657. The molecule has 0 bridgehead atoms. The lowest BCUT2D eigenvalue weighted by atomic mass is 10.2. The van der Waals surface area contributed by atoms with E-state index >= 15 is 0 Å². The van der Waals surface area contributed by atoms with Crippen LogP contribution in [0, 0.1) is 5.82 Å². The first-order valence-corrected chi connectivity index (χ1v) is 6.77. The number of nitrogens with one attached hydrogen (secondary N) is 1. The second-order valence-electron chi connectivity index (χ2n) is 4.43. The number of nitrogens with two attached hydrogens (primary N) is 1. The number of ether oxygens (including phenoxy) is 1. The van der Waals surface area contributed by atoms with Crippen LogP contribution in [-0.2, 0) is 0 Å². The number of hydrazine groups is 1. The molecule has 0 aliphatic heterocycles. The number of nitrogens with zero attached hydrogens (tertiary/aromatic N) is 2. The van der Waals surface area contributed by atoms with Crippen LogP contribution in [0.5, 0.6) is 11.6 Å². The molecule has 0 saturated carbocycles. The molecule has 0 radical (unpaired) electrons. The van der Waals surface area contributed by atoms with Crippen molar-refractivity contribution in [3.63, 3.8) is 0 Å². The fraction of sp³-hybridized carbons (Fsp3) is 0.231. The lowest BCUT2D eigenvalue weighted by Crippen LogP contribution is -2.11. The predicted octanol–water partition coefficient (Wildman–Crippen LogP) is 3.58. The van der Waals surface area contributed by atoms with Crippen LogP contribution < -0.4 is 16.0 Å². The fourth-order valence-electron chi connectivity index (χ4n) is 1.49. The molecule has 0 unspecified atom stereocenters. The Bertz CT molecular complexity index is 621. The molecule has 1 aromatic carbocycles. The Kier molecular flexibility index (Phi) is 4.51. The van der Waals surface area contributed by atoms with Gasteiger partial charge in [0.1, 0.15) is 23.2 Å². The number of nitrogen functional groups attached to an aromatic ring is 1. The highest BCUT2D eigenvalue weighted by atomic mass is 79.9. The summed E-state index contributed by atoms with van der Waals surface area (Å²) in [5, 5.41) is 0. The van der Waals surface area contributed by atoms with Crippen LogP contribution in [0.4, 0.5) is 10.2 Å². The van der Waals surface area contributed by atoms with E-state index in [1.807, 2.05) is 13.8 Å². The maximum atomic E-state index is 13.2. The van der Waals surface area contributed by atoms with Gasteiger partial charge in [-0.05, 0) is 34.1 Å². The first-order valence-electron chi connectivity index (χ1n) is 5.98. The molecule has 2 rings (SSSR count). The van der Waals surface area contributed by atoms with Crippen LogP contribution in [-0.4, -0.2) is 9.97 Å². The van der Waals surface area contributed by atoms with Crippen LogP contribution >= 0.6 is 15.9 Å². The van der Waals surface area contributed by atoms with Crippen LogP contribution in [0.3, 0.4) is 0 Å². The van der Waals surface area contributed by atoms with Gasteiger partial charge in [-0.1, -0.05) is 13.8 Å². The van der Waals surface area contributed by atoms with E-state index in [2.05, 4.69) is 31.3 Å². The van der Waals surface area contributed by atoms with Crippen molar-refractivity contribution in [2.45, 2.75) is 19.8 Å². The number of benzene rings is 1. The third-order valence-corrected chi connectivity index (χ3v) is 3.11. The summed E-state index contributed by atoms with van der Waals surface area (Å²) in [7, 11) is 0. The zero-order valence-electron chi connectivity index (χ0n) is 11.0. The maximum absolute atomic E-state index is 13.2. The Labute approximate surface area is 124 Å². The van der Waals surface area contributed by atoms with Gasteiger partial charge in [0.15, 0.2) is 0 Å². The van der Waals surface area contributed by atoms with Crippen molar-refractivity contribution >= 4 is 21.7 Å². The van der Waals surface area contributed by atoms with Gasteiger partial charge >= 0.3 is 0 Å². The van der Waals surface area contributed by atoms with Crippen molar-refractivity contribution < 1.29 is 9.13 Å². The fourth-order valence-corrected chi connectivity index (χ4v) is 1.85. The topological polar surface area (TPSA) is 73.1 Å². The first kappa shape index (κ1) is 14.7. The highest BCUT2D eigenvalue weighted by Gasteiger charge is 2.10. The molecule has 106 valence electrons. The smallest absolute Gasteiger partial charge is 0.224 e. The minimum absolute atomic E-state index is 0.130. The van der Waals surface area contributed by atoms with Gasteiger partial charge in [-0.2, -0.15) is 4.98 Å². The van der Waals surface area contributed by atoms with E-state index in [1.54, 1.807) is 6.07 Å². The second kappa shape index (κ2) is 6.15. The SMILES string of the molecule is CC(C)c1nc(NN)cc(Oc2ccc(F)c(Br)c2)n1. The third kappa shape index (κ3) is 3.43. The minimum atomic E-state index is -0.354. The molecular weight excluding hydrogens is 327 g/mol. The number of anilines is 1. The van der Waals surface area contributed by atoms with E-state index in [9.17, 15) is 4.39 Å². The molecule has 2 aromatic rings. The van der Waals surface area contributed by atoms with Gasteiger partial charge < -0.3 is 10.2 Å². The lowest BCUT2D eigenvalue weighted by molar-refractivity contribution is 0.455. The van der Waals surface area contributed by atoms with E-state index in [0.29, 0.717) is 27.7 Å². The average molecular weight is 341 g/mol. The molecule has 0 atom stereocenters. The zero-order valence-corrected chi connectivity index (χ0v) is 12.6. The summed E-state index contributed by atoms with van der Waals surface area (Å²) in [6, 6.07) is 5.93. The predicted molar refractivity (Wildman–Crippen MR) is 78.1 cm³/mol. The van der Waals surface area contributed by atoms with Crippen LogP contribution in [0.15, 0.2) is 28.7 Å². The van der Waals surface area contributed by atoms with E-state index < -0.39 is 0 Å². The first-order chi connectivity index (χ1) is 9.49. The zero-order chi connectivity index (χ0) is 14.7. The number of rotatable bonds is 4. The molecule has 5 nitrogen and oxygen atoms in total. The Balaban J connectivity index is 2.32. The van der Waals surface area contributed by atoms with Gasteiger partial charge in [0.2, 0.25) is 5.88 Å². The molecule has 1 aromatic heterocycles. The van der Waals surface area contributed by atoms with Gasteiger partial charge in [-0.25, -0.2) is 15.2 Å². The lowest BCUT2D eigenvalue weighted by Gasteiger charge is -2.10. The van der Waals surface area contributed by atoms with Crippen LogP contribution in [0.25, 0.3) is 0 Å². The van der Waals surface area contributed by atoms with Crippen molar-refractivity contribution in [3.05, 3.63) is 40.4 Å². The molecular formula is C13H14BrFN4O. The Morgan fingerprint density at radius 2 is 2.05 bits per heavy atom. The van der Waals surface area contributed by atoms with Gasteiger partial charge in [0.05, 0.1) is 4.47 Å². The monoisotopic (exact) mass is 340 g/mol. The van der Waals surface area contributed by atoms with E-state index in [-0.39, 0.29) is 11.7 Å². The molecule has 7 heteroatoms. The van der Waals surface area contributed by atoms with Crippen molar-refractivity contribution in [3.8, 4) is 11.6 Å². The van der Waals surface area contributed by atoms with Crippen molar-refractivity contribution in [2.24, 2.45) is 5.84 Å². The van der Waals surface area contributed by atoms with Crippen molar-refractivity contribution in [1.29, 1.82) is 0 Å². The number of hydrogen-bond donors (Lipinski definition) is 2. The average Bonchev–Trinajstić information content (AvgIpc) is 2.42. The summed E-state index contributed by atoms with van der Waals surface area (Å²) in [5.41, 5.74) is 2.47. The van der Waals surface area contributed by atoms with Crippen LogP contribution in [0.2, 0.25) is 0 Å². The molecule has 0 amide bonds. The summed E-state index contributed by atoms with van der Waals surface area (Å²) < 4.78 is 19.1. The van der Waals surface area contributed by atoms with Gasteiger partial charge in [0, 0.05) is 12.0 Å². The second-order valence-corrected chi connectivity index (χ2v) is 5.28. The third-order valence-electron chi connectivity index (χ3n) is 2.50. The minimum Gasteiger partial charge on any atom is -0.439 e. The standard InChI is InChI=1S/C13H14BrFN4O/c1-7(2)13-17-11(19-16)6-12(18-13)20-8-3-4-10(15)9(14)5-8/h3-7H,16H2,1-2H3,(H,17,18,19). The highest BCUT2D eigenvalue weighted by molar-refractivity contribution is 9.10. The summed E-state index contributed by atoms with van der Waals surface area (Å²) in [5.74, 6) is 7.02. The molecule has 0 saturated heterocycles. The number of halogens is 2. The number of aromatic nitrogens is 2. The normalized spacial score (nSPS) is 10.7. The molecule has 0 aliphatic rings. The molecule has 3 N–H and O–H groups in total. The molecule has 20 heavy (non-hydrogen) atoms. The molecule has 1 heterocycles. The molecule has 0 spiro atoms. The Morgan fingerprint density at radius 1 is 1.30 bits per heavy atom. The van der Waals surface area contributed by atoms with Crippen LogP contribution in [0.1, 0.15) is 25.6 Å². The van der Waals surface area contributed by atoms with Crippen molar-refractivity contribution in [2.75, 3.05) is 5.43 Å². The summed E-state index contributed by atoms with van der Waals surface area (Å²) in [6.07, 6.45) is 0. The molecule has 0 aliphatic carbocycles. The summed E-state index contributed by atoms with van der Waals surface area (Å²) in [4.78, 5) is 8.52. The van der Waals surface area contributed by atoms with E-state index in [0.717, 1.165) is 0 Å². The Morgan fingerprint density at radius 3 is 2.65 bits per heavy atom. The van der Waals surface area contributed by atoms with Gasteiger partial charge in [-0.3, -0.25) is 0 Å². The largest absolute Gasteiger partial charge is 0.439 e. The maximum Gasteiger partial charge on any atom is 0.224 e. The van der Waals surface area contributed by atoms with E-state index in [4.69, 9.17) is 10.6 Å².